The summed E-state index contributed by atoms with van der Waals surface area (Å²) in [6.45, 7) is 8.86. The molecule has 3 N–H and O–H groups in total. The molecule has 280 valence electrons. The number of fused-ring (bicyclic) bond motifs is 6. The Morgan fingerprint density at radius 1 is 1.04 bits per heavy atom. The fraction of sp³-hybridized carbons (Fsp3) is 0.535. The molecule has 0 saturated carbocycles. The summed E-state index contributed by atoms with van der Waals surface area (Å²) in [5.74, 6) is 0.539. The van der Waals surface area contributed by atoms with Gasteiger partial charge in [0, 0.05) is 83.8 Å². The molecule has 1 unspecified atom stereocenters. The topological polar surface area (TPSA) is 116 Å². The SMILES string of the molecule is CC[C@H]1C[C@H]2CN(CCc3c([nH]c4ccccc34)[C@@](C(=O)OC)(c3cc4c(cc3OC)NC3=C(C(=O)OC)[C@H](O)[C@]5(CC)C=CCN6CC[C@@]34[C@@H]65)C2)C1. The average Bonchev–Trinajstić information content (AvgIpc) is 3.87. The second kappa shape index (κ2) is 12.5. The standard InChI is InChI=1S/C43H52N4O6/c1-6-25-19-26-22-43(40(50)53-5,35-28(13-17-46(23-25)24-26)27-11-8-9-12-31(27)44-35)30-20-29-32(21-33(30)51-3)45-36-34(38(49)52-4)37(48)41(7-2)14-10-16-47-18-15-42(29,36)39(41)47/h8-12,14,20-21,25-26,37,39,44-45,48H,6-7,13,15-19,22-24H2,1-5H3/t25-,26+,37-,39-,41-,42-,43-/m0/s1. The molecule has 0 radical (unpaired) electrons. The van der Waals surface area contributed by atoms with E-state index in [1.54, 1.807) is 7.11 Å². The van der Waals surface area contributed by atoms with E-state index in [1.165, 1.54) is 14.2 Å². The summed E-state index contributed by atoms with van der Waals surface area (Å²) in [5.41, 5.74) is 4.07. The number of aromatic nitrogens is 1. The van der Waals surface area contributed by atoms with Gasteiger partial charge in [0.1, 0.15) is 11.2 Å². The molecule has 8 atom stereocenters. The van der Waals surface area contributed by atoms with Crippen LogP contribution in [0.3, 0.4) is 0 Å². The second-order valence-corrected chi connectivity index (χ2v) is 16.4. The van der Waals surface area contributed by atoms with E-state index < -0.39 is 28.3 Å². The third kappa shape index (κ3) is 4.55. The minimum atomic E-state index is -1.21. The number of nitrogens with zero attached hydrogens (tertiary/aromatic N) is 2. The lowest BCUT2D eigenvalue weighted by Crippen LogP contribution is -2.63. The van der Waals surface area contributed by atoms with Crippen molar-refractivity contribution in [1.82, 2.24) is 14.8 Å². The van der Waals surface area contributed by atoms with Crippen molar-refractivity contribution in [2.75, 3.05) is 59.4 Å². The Morgan fingerprint density at radius 3 is 2.62 bits per heavy atom. The molecule has 5 aliphatic heterocycles. The van der Waals surface area contributed by atoms with Crippen molar-refractivity contribution in [3.05, 3.63) is 82.2 Å². The van der Waals surface area contributed by atoms with Crippen LogP contribution in [0.25, 0.3) is 10.9 Å². The van der Waals surface area contributed by atoms with Crippen LogP contribution < -0.4 is 10.1 Å². The highest BCUT2D eigenvalue weighted by Gasteiger charge is 2.69. The number of nitrogens with one attached hydrogen (secondary N) is 2. The number of para-hydroxylation sites is 1. The van der Waals surface area contributed by atoms with Gasteiger partial charge >= 0.3 is 11.9 Å². The maximum Gasteiger partial charge on any atom is 0.338 e. The van der Waals surface area contributed by atoms with Crippen LogP contribution in [0.5, 0.6) is 5.75 Å². The van der Waals surface area contributed by atoms with Crippen molar-refractivity contribution in [3.63, 3.8) is 0 Å². The van der Waals surface area contributed by atoms with Gasteiger partial charge in [0.05, 0.1) is 38.4 Å². The second-order valence-electron chi connectivity index (χ2n) is 16.4. The predicted molar refractivity (Wildman–Crippen MR) is 203 cm³/mol. The number of aromatic amines is 1. The molecule has 1 aromatic heterocycles. The van der Waals surface area contributed by atoms with Crippen molar-refractivity contribution in [2.24, 2.45) is 17.3 Å². The molecule has 2 aromatic carbocycles. The smallest absolute Gasteiger partial charge is 0.338 e. The lowest BCUT2D eigenvalue weighted by atomic mass is 9.53. The molecule has 3 aromatic rings. The Bertz CT molecular complexity index is 2070. The Labute approximate surface area is 311 Å². The van der Waals surface area contributed by atoms with Gasteiger partial charge in [-0.25, -0.2) is 4.79 Å². The van der Waals surface area contributed by atoms with Crippen LogP contribution >= 0.6 is 0 Å². The van der Waals surface area contributed by atoms with Crippen LogP contribution in [0, 0.1) is 17.3 Å². The van der Waals surface area contributed by atoms with E-state index in [4.69, 9.17) is 14.2 Å². The predicted octanol–water partition coefficient (Wildman–Crippen LogP) is 5.44. The van der Waals surface area contributed by atoms with Gasteiger partial charge in [-0.1, -0.05) is 50.6 Å². The van der Waals surface area contributed by atoms with E-state index in [2.05, 4.69) is 70.4 Å². The number of aliphatic hydroxyl groups is 1. The van der Waals surface area contributed by atoms with Gasteiger partial charge in [0.2, 0.25) is 0 Å². The number of rotatable bonds is 6. The van der Waals surface area contributed by atoms with Crippen LogP contribution in [0.4, 0.5) is 5.69 Å². The van der Waals surface area contributed by atoms with Crippen molar-refractivity contribution in [1.29, 1.82) is 0 Å². The molecule has 9 rings (SSSR count). The van der Waals surface area contributed by atoms with Crippen LogP contribution in [-0.2, 0) is 36.3 Å². The third-order valence-corrected chi connectivity index (χ3v) is 14.3. The number of carbonyl (C=O) groups excluding carboxylic acids is 2. The monoisotopic (exact) mass is 720 g/mol. The summed E-state index contributed by atoms with van der Waals surface area (Å²) in [6.07, 6.45) is 8.12. The number of methoxy groups -OCH3 is 3. The number of aliphatic hydroxyl groups excluding tert-OH is 1. The molecule has 2 saturated heterocycles. The first-order valence-electron chi connectivity index (χ1n) is 19.5. The van der Waals surface area contributed by atoms with Crippen LogP contribution in [0.2, 0.25) is 0 Å². The summed E-state index contributed by atoms with van der Waals surface area (Å²) in [4.78, 5) is 37.8. The minimum absolute atomic E-state index is 0.117. The first-order chi connectivity index (χ1) is 25.7. The number of hydrogen-bond acceptors (Lipinski definition) is 9. The average molecular weight is 721 g/mol. The highest BCUT2D eigenvalue weighted by molar-refractivity contribution is 5.96. The van der Waals surface area contributed by atoms with Gasteiger partial charge in [-0.05, 0) is 67.2 Å². The summed E-state index contributed by atoms with van der Waals surface area (Å²) in [7, 11) is 4.55. The largest absolute Gasteiger partial charge is 0.496 e. The number of anilines is 1. The molecule has 10 heteroatoms. The zero-order valence-electron chi connectivity index (χ0n) is 31.6. The van der Waals surface area contributed by atoms with Gasteiger partial charge in [-0.3, -0.25) is 9.69 Å². The van der Waals surface area contributed by atoms with E-state index in [0.29, 0.717) is 30.2 Å². The van der Waals surface area contributed by atoms with Crippen LogP contribution in [0.1, 0.15) is 68.3 Å². The Morgan fingerprint density at radius 2 is 1.87 bits per heavy atom. The number of hydrogen-bond donors (Lipinski definition) is 3. The normalized spacial score (nSPS) is 34.2. The minimum Gasteiger partial charge on any atom is -0.496 e. The Kier molecular flexibility index (Phi) is 8.15. The number of benzene rings is 2. The van der Waals surface area contributed by atoms with Crippen molar-refractivity contribution in [2.45, 2.75) is 75.3 Å². The number of esters is 2. The molecule has 0 amide bonds. The number of piperidine rings is 1. The number of H-pyrrole nitrogens is 1. The summed E-state index contributed by atoms with van der Waals surface area (Å²) >= 11 is 0. The number of carbonyl (C=O) groups is 2. The van der Waals surface area contributed by atoms with Gasteiger partial charge in [0.15, 0.2) is 0 Å². The van der Waals surface area contributed by atoms with Gasteiger partial charge in [0.25, 0.3) is 0 Å². The molecule has 1 spiro atoms. The lowest BCUT2D eigenvalue weighted by Gasteiger charge is -2.55. The zero-order chi connectivity index (χ0) is 36.9. The zero-order valence-corrected chi connectivity index (χ0v) is 31.6. The molecular weight excluding hydrogens is 668 g/mol. The van der Waals surface area contributed by atoms with E-state index >= 15 is 4.79 Å². The maximum atomic E-state index is 15.1. The molecule has 6 heterocycles. The van der Waals surface area contributed by atoms with E-state index in [9.17, 15) is 9.90 Å². The highest BCUT2D eigenvalue weighted by atomic mass is 16.5. The van der Waals surface area contributed by atoms with Gasteiger partial charge < -0.3 is 34.5 Å². The van der Waals surface area contributed by atoms with Crippen LogP contribution in [0.15, 0.2) is 59.8 Å². The first-order valence-corrected chi connectivity index (χ1v) is 19.5. The third-order valence-electron chi connectivity index (χ3n) is 14.3. The van der Waals surface area contributed by atoms with E-state index in [-0.39, 0.29) is 23.5 Å². The van der Waals surface area contributed by atoms with E-state index in [1.807, 2.05) is 12.1 Å². The molecule has 53 heavy (non-hydrogen) atoms. The Hall–Kier alpha value is -4.12. The fourth-order valence-corrected chi connectivity index (χ4v) is 12.0. The maximum absolute atomic E-state index is 15.1. The summed E-state index contributed by atoms with van der Waals surface area (Å²) in [6, 6.07) is 12.5. The molecule has 10 nitrogen and oxygen atoms in total. The summed E-state index contributed by atoms with van der Waals surface area (Å²) < 4.78 is 17.7. The Balaban J connectivity index is 1.35. The molecule has 2 fully saturated rings. The van der Waals surface area contributed by atoms with Gasteiger partial charge in [-0.2, -0.15) is 0 Å². The molecule has 6 aliphatic rings. The first kappa shape index (κ1) is 34.6. The molecular formula is C43H52N4O6. The van der Waals surface area contributed by atoms with Crippen molar-refractivity contribution >= 4 is 28.5 Å². The summed E-state index contributed by atoms with van der Waals surface area (Å²) in [5, 5.41) is 17.0. The quantitative estimate of drug-likeness (QED) is 0.226. The van der Waals surface area contributed by atoms with Crippen molar-refractivity contribution in [3.8, 4) is 5.75 Å². The van der Waals surface area contributed by atoms with Crippen LogP contribution in [-0.4, -0.2) is 98.0 Å². The van der Waals surface area contributed by atoms with Gasteiger partial charge in [-0.15, -0.1) is 0 Å². The van der Waals surface area contributed by atoms with E-state index in [0.717, 1.165) is 97.4 Å². The molecule has 2 bridgehead atoms. The van der Waals surface area contributed by atoms with Crippen molar-refractivity contribution < 1.29 is 28.9 Å². The highest BCUT2D eigenvalue weighted by Crippen LogP contribution is 2.65. The number of ether oxygens (including phenoxy) is 3. The fourth-order valence-electron chi connectivity index (χ4n) is 12.0. The molecule has 1 aliphatic carbocycles. The lowest BCUT2D eigenvalue weighted by molar-refractivity contribution is -0.147.